The van der Waals surface area contributed by atoms with E-state index in [0.717, 1.165) is 12.8 Å². The number of unbranched alkanes of at least 4 members (excludes halogenated alkanes) is 1. The number of halogens is 2. The Morgan fingerprint density at radius 3 is 2.60 bits per heavy atom. The standard InChI is InChI=1S/C13H21FN2O2S.ClH/c1-3-4-7-11(9-15)16-19(17,18)12-8-5-6-10(2)13(12)14;/h5-6,8,11,16H,3-4,7,9,15H2,1-2H3;1H. The van der Waals surface area contributed by atoms with Gasteiger partial charge >= 0.3 is 0 Å². The quantitative estimate of drug-likeness (QED) is 0.808. The summed E-state index contributed by atoms with van der Waals surface area (Å²) in [7, 11) is -3.86. The third-order valence-electron chi connectivity index (χ3n) is 2.96. The van der Waals surface area contributed by atoms with E-state index in [1.54, 1.807) is 0 Å². The molecule has 0 spiro atoms. The van der Waals surface area contributed by atoms with E-state index in [4.69, 9.17) is 5.73 Å². The molecule has 0 aliphatic carbocycles. The fourth-order valence-electron chi connectivity index (χ4n) is 1.79. The van der Waals surface area contributed by atoms with Crippen molar-refractivity contribution in [3.63, 3.8) is 0 Å². The SMILES string of the molecule is CCCCC(CN)NS(=O)(=O)c1cccc(C)c1F.Cl. The molecule has 0 saturated heterocycles. The van der Waals surface area contributed by atoms with Crippen molar-refractivity contribution in [1.29, 1.82) is 0 Å². The van der Waals surface area contributed by atoms with Gasteiger partial charge in [-0.05, 0) is 25.0 Å². The van der Waals surface area contributed by atoms with Crippen molar-refractivity contribution in [3.8, 4) is 0 Å². The summed E-state index contributed by atoms with van der Waals surface area (Å²) >= 11 is 0. The van der Waals surface area contributed by atoms with E-state index in [-0.39, 0.29) is 29.9 Å². The number of rotatable bonds is 7. The normalized spacial score (nSPS) is 12.8. The minimum Gasteiger partial charge on any atom is -0.329 e. The second kappa shape index (κ2) is 8.56. The van der Waals surface area contributed by atoms with Crippen LogP contribution in [0, 0.1) is 12.7 Å². The smallest absolute Gasteiger partial charge is 0.243 e. The third-order valence-corrected chi connectivity index (χ3v) is 4.50. The van der Waals surface area contributed by atoms with Crippen molar-refractivity contribution in [3.05, 3.63) is 29.6 Å². The monoisotopic (exact) mass is 324 g/mol. The van der Waals surface area contributed by atoms with Gasteiger partial charge in [-0.25, -0.2) is 17.5 Å². The number of aryl methyl sites for hydroxylation is 1. The Balaban J connectivity index is 0.00000361. The van der Waals surface area contributed by atoms with Crippen LogP contribution in [-0.2, 0) is 10.0 Å². The van der Waals surface area contributed by atoms with Gasteiger partial charge < -0.3 is 5.73 Å². The zero-order chi connectivity index (χ0) is 14.5. The van der Waals surface area contributed by atoms with Gasteiger partial charge in [0.2, 0.25) is 10.0 Å². The predicted molar refractivity (Wildman–Crippen MR) is 81.1 cm³/mol. The molecule has 0 amide bonds. The molecular weight excluding hydrogens is 303 g/mol. The number of nitrogens with one attached hydrogen (secondary N) is 1. The highest BCUT2D eigenvalue weighted by Gasteiger charge is 2.23. The van der Waals surface area contributed by atoms with Crippen molar-refractivity contribution in [1.82, 2.24) is 4.72 Å². The van der Waals surface area contributed by atoms with E-state index < -0.39 is 15.8 Å². The molecule has 0 fully saturated rings. The fourth-order valence-corrected chi connectivity index (χ4v) is 3.22. The Morgan fingerprint density at radius 2 is 2.05 bits per heavy atom. The topological polar surface area (TPSA) is 72.2 Å². The lowest BCUT2D eigenvalue weighted by Crippen LogP contribution is -2.40. The molecule has 4 nitrogen and oxygen atoms in total. The minimum absolute atomic E-state index is 0. The van der Waals surface area contributed by atoms with E-state index in [1.807, 2.05) is 6.92 Å². The summed E-state index contributed by atoms with van der Waals surface area (Å²) in [5.74, 6) is -0.707. The summed E-state index contributed by atoms with van der Waals surface area (Å²) in [6.45, 7) is 3.75. The first-order valence-corrected chi connectivity index (χ1v) is 7.88. The number of benzene rings is 1. The fraction of sp³-hybridized carbons (Fsp3) is 0.538. The average Bonchev–Trinajstić information content (AvgIpc) is 2.37. The van der Waals surface area contributed by atoms with Crippen molar-refractivity contribution >= 4 is 22.4 Å². The van der Waals surface area contributed by atoms with E-state index in [1.165, 1.54) is 25.1 Å². The summed E-state index contributed by atoms with van der Waals surface area (Å²) in [6, 6.07) is 3.96. The van der Waals surface area contributed by atoms with Gasteiger partial charge in [0.15, 0.2) is 0 Å². The van der Waals surface area contributed by atoms with Crippen LogP contribution in [0.1, 0.15) is 31.7 Å². The van der Waals surface area contributed by atoms with Crippen molar-refractivity contribution in [2.24, 2.45) is 5.73 Å². The number of hydrogen-bond acceptors (Lipinski definition) is 3. The van der Waals surface area contributed by atoms with Crippen LogP contribution in [-0.4, -0.2) is 21.0 Å². The molecule has 1 atom stereocenters. The Hall–Kier alpha value is -0.690. The highest BCUT2D eigenvalue weighted by Crippen LogP contribution is 2.18. The van der Waals surface area contributed by atoms with Crippen molar-refractivity contribution < 1.29 is 12.8 Å². The zero-order valence-corrected chi connectivity index (χ0v) is 13.4. The van der Waals surface area contributed by atoms with Crippen LogP contribution >= 0.6 is 12.4 Å². The molecule has 0 aliphatic heterocycles. The molecule has 20 heavy (non-hydrogen) atoms. The maximum atomic E-state index is 13.9. The van der Waals surface area contributed by atoms with Gasteiger partial charge in [0.05, 0.1) is 0 Å². The summed E-state index contributed by atoms with van der Waals surface area (Å²) in [5.41, 5.74) is 5.85. The molecule has 1 unspecified atom stereocenters. The third kappa shape index (κ3) is 5.01. The molecule has 3 N–H and O–H groups in total. The first kappa shape index (κ1) is 19.3. The molecule has 1 aromatic rings. The van der Waals surface area contributed by atoms with E-state index in [9.17, 15) is 12.8 Å². The maximum absolute atomic E-state index is 13.9. The zero-order valence-electron chi connectivity index (χ0n) is 11.7. The van der Waals surface area contributed by atoms with Crippen LogP contribution in [0.25, 0.3) is 0 Å². The molecule has 0 heterocycles. The lowest BCUT2D eigenvalue weighted by molar-refractivity contribution is 0.508. The van der Waals surface area contributed by atoms with Gasteiger partial charge in [-0.3, -0.25) is 0 Å². The highest BCUT2D eigenvalue weighted by atomic mass is 35.5. The number of hydrogen-bond donors (Lipinski definition) is 2. The Labute approximate surface area is 126 Å². The molecule has 0 saturated carbocycles. The van der Waals surface area contributed by atoms with Crippen LogP contribution in [0.15, 0.2) is 23.1 Å². The van der Waals surface area contributed by atoms with Gasteiger partial charge in [-0.2, -0.15) is 0 Å². The highest BCUT2D eigenvalue weighted by molar-refractivity contribution is 7.89. The minimum atomic E-state index is -3.86. The van der Waals surface area contributed by atoms with Crippen LogP contribution in [0.2, 0.25) is 0 Å². The predicted octanol–water partition coefficient (Wildman–Crippen LogP) is 2.35. The molecule has 1 rings (SSSR count). The molecule has 0 aromatic heterocycles. The first-order valence-electron chi connectivity index (χ1n) is 6.40. The van der Waals surface area contributed by atoms with Crippen LogP contribution in [0.4, 0.5) is 4.39 Å². The Morgan fingerprint density at radius 1 is 1.40 bits per heavy atom. The first-order chi connectivity index (χ1) is 8.92. The van der Waals surface area contributed by atoms with E-state index in [0.29, 0.717) is 12.0 Å². The summed E-state index contributed by atoms with van der Waals surface area (Å²) in [5, 5.41) is 0. The second-order valence-corrected chi connectivity index (χ2v) is 6.27. The van der Waals surface area contributed by atoms with Crippen LogP contribution < -0.4 is 10.5 Å². The lowest BCUT2D eigenvalue weighted by Gasteiger charge is -2.17. The van der Waals surface area contributed by atoms with Crippen molar-refractivity contribution in [2.45, 2.75) is 44.0 Å². The van der Waals surface area contributed by atoms with Gasteiger partial charge in [0, 0.05) is 12.6 Å². The number of nitrogens with two attached hydrogens (primary N) is 1. The van der Waals surface area contributed by atoms with Gasteiger partial charge in [-0.1, -0.05) is 31.9 Å². The van der Waals surface area contributed by atoms with Crippen molar-refractivity contribution in [2.75, 3.05) is 6.54 Å². The molecule has 0 radical (unpaired) electrons. The molecule has 1 aromatic carbocycles. The number of sulfonamides is 1. The van der Waals surface area contributed by atoms with Gasteiger partial charge in [0.25, 0.3) is 0 Å². The van der Waals surface area contributed by atoms with Gasteiger partial charge in [0.1, 0.15) is 10.7 Å². The lowest BCUT2D eigenvalue weighted by atomic mass is 10.1. The summed E-state index contributed by atoms with van der Waals surface area (Å²) in [6.07, 6.45) is 2.48. The van der Waals surface area contributed by atoms with Crippen LogP contribution in [0.5, 0.6) is 0 Å². The summed E-state index contributed by atoms with van der Waals surface area (Å²) < 4.78 is 40.6. The van der Waals surface area contributed by atoms with E-state index in [2.05, 4.69) is 4.72 Å². The molecule has 0 aliphatic rings. The average molecular weight is 325 g/mol. The molecule has 116 valence electrons. The Kier molecular flexibility index (Phi) is 8.27. The summed E-state index contributed by atoms with van der Waals surface area (Å²) in [4.78, 5) is -0.317. The molecular formula is C13H22ClFN2O2S. The van der Waals surface area contributed by atoms with Gasteiger partial charge in [-0.15, -0.1) is 12.4 Å². The molecule has 0 bridgehead atoms. The Bertz CT molecular complexity index is 523. The maximum Gasteiger partial charge on any atom is 0.243 e. The molecule has 7 heteroatoms. The largest absolute Gasteiger partial charge is 0.329 e. The van der Waals surface area contributed by atoms with Crippen LogP contribution in [0.3, 0.4) is 0 Å². The van der Waals surface area contributed by atoms with E-state index >= 15 is 0 Å². The second-order valence-electron chi connectivity index (χ2n) is 4.58.